The molecule has 0 saturated heterocycles. The maximum Gasteiger partial charge on any atom is 0.343 e. The smallest absolute Gasteiger partial charge is 0.343 e. The van der Waals surface area contributed by atoms with Crippen LogP contribution in [0.2, 0.25) is 0 Å². The van der Waals surface area contributed by atoms with Crippen LogP contribution in [0.5, 0.6) is 0 Å². The molecular weight excluding hydrogens is 408 g/mol. The second-order valence-electron chi connectivity index (χ2n) is 6.39. The van der Waals surface area contributed by atoms with Gasteiger partial charge in [0, 0.05) is 15.6 Å². The van der Waals surface area contributed by atoms with Crippen molar-refractivity contribution in [3.8, 4) is 0 Å². The predicted octanol–water partition coefficient (Wildman–Crippen LogP) is 5.30. The van der Waals surface area contributed by atoms with Crippen molar-refractivity contribution in [2.45, 2.75) is 20.3 Å². The highest BCUT2D eigenvalue weighted by molar-refractivity contribution is 9.10. The van der Waals surface area contributed by atoms with Gasteiger partial charge in [0.05, 0.1) is 11.1 Å². The van der Waals surface area contributed by atoms with E-state index in [0.29, 0.717) is 11.1 Å². The van der Waals surface area contributed by atoms with Gasteiger partial charge in [-0.2, -0.15) is 0 Å². The Bertz CT molecular complexity index is 993. The van der Waals surface area contributed by atoms with E-state index in [1.807, 2.05) is 19.9 Å². The monoisotopic (exact) mass is 424 g/mol. The molecule has 0 bridgehead atoms. The Hall–Kier alpha value is -2.79. The molecule has 0 amide bonds. The molecule has 0 radical (unpaired) electrons. The topological polar surface area (TPSA) is 60.4 Å². The number of carbonyl (C=O) groups excluding carboxylic acids is 3. The van der Waals surface area contributed by atoms with Gasteiger partial charge in [0.15, 0.2) is 11.5 Å². The van der Waals surface area contributed by atoms with E-state index in [1.165, 1.54) is 0 Å². The Morgan fingerprint density at radius 2 is 1.56 bits per heavy atom. The summed E-state index contributed by atoms with van der Waals surface area (Å²) in [6.07, 6.45) is 2.06. The minimum atomic E-state index is -0.673. The van der Waals surface area contributed by atoms with E-state index < -0.39 is 11.8 Å². The number of carbonyl (C=O) groups is 3. The van der Waals surface area contributed by atoms with Crippen molar-refractivity contribution >= 4 is 33.5 Å². The summed E-state index contributed by atoms with van der Waals surface area (Å²) in [6.45, 7) is 3.80. The molecule has 0 aliphatic heterocycles. The Labute approximate surface area is 165 Å². The Balaban J connectivity index is 2.03. The Morgan fingerprint density at radius 3 is 2.15 bits per heavy atom. The molecule has 2 aromatic rings. The molecule has 3 rings (SSSR count). The number of allylic oxidation sites excluding steroid dienone is 4. The van der Waals surface area contributed by atoms with Crippen LogP contribution >= 0.6 is 15.9 Å². The number of ketones is 2. The van der Waals surface area contributed by atoms with Gasteiger partial charge in [0.25, 0.3) is 0 Å². The van der Waals surface area contributed by atoms with Crippen molar-refractivity contribution in [3.63, 3.8) is 0 Å². The van der Waals surface area contributed by atoms with Crippen molar-refractivity contribution in [2.24, 2.45) is 0 Å². The standard InChI is InChI=1S/C22H17BrO4/c1-13(2)7-12-18-19(24)16-5-3-4-6-17(16)20(25)21(18)27-22(26)14-8-10-15(23)11-9-14/h3-11H,12H2,1-2H3. The zero-order chi connectivity index (χ0) is 19.6. The first kappa shape index (κ1) is 19.0. The Morgan fingerprint density at radius 1 is 0.963 bits per heavy atom. The molecule has 5 heteroatoms. The fourth-order valence-electron chi connectivity index (χ4n) is 2.74. The molecule has 0 spiro atoms. The largest absolute Gasteiger partial charge is 0.418 e. The van der Waals surface area contributed by atoms with E-state index in [9.17, 15) is 14.4 Å². The maximum atomic E-state index is 12.9. The van der Waals surface area contributed by atoms with E-state index >= 15 is 0 Å². The molecule has 0 N–H and O–H groups in total. The number of Topliss-reactive ketones (excluding diaryl/α,β-unsaturated/α-hetero) is 2. The number of rotatable bonds is 4. The van der Waals surface area contributed by atoms with Crippen molar-refractivity contribution in [2.75, 3.05) is 0 Å². The predicted molar refractivity (Wildman–Crippen MR) is 106 cm³/mol. The number of benzene rings is 2. The first-order chi connectivity index (χ1) is 12.9. The molecule has 136 valence electrons. The molecule has 0 heterocycles. The van der Waals surface area contributed by atoms with Crippen LogP contribution in [-0.4, -0.2) is 17.5 Å². The van der Waals surface area contributed by atoms with Gasteiger partial charge in [-0.15, -0.1) is 0 Å². The van der Waals surface area contributed by atoms with Gasteiger partial charge in [-0.25, -0.2) is 4.79 Å². The van der Waals surface area contributed by atoms with Crippen LogP contribution < -0.4 is 0 Å². The molecule has 1 aliphatic rings. The van der Waals surface area contributed by atoms with Crippen LogP contribution in [0.25, 0.3) is 0 Å². The molecule has 4 nitrogen and oxygen atoms in total. The summed E-state index contributed by atoms with van der Waals surface area (Å²) < 4.78 is 6.25. The summed E-state index contributed by atoms with van der Waals surface area (Å²) in [6, 6.07) is 13.2. The van der Waals surface area contributed by atoms with Gasteiger partial charge >= 0.3 is 5.97 Å². The minimum absolute atomic E-state index is 0.191. The average molecular weight is 425 g/mol. The van der Waals surface area contributed by atoms with E-state index in [0.717, 1.165) is 10.0 Å². The van der Waals surface area contributed by atoms with E-state index in [4.69, 9.17) is 4.74 Å². The molecule has 0 atom stereocenters. The average Bonchev–Trinajstić information content (AvgIpc) is 2.65. The summed E-state index contributed by atoms with van der Waals surface area (Å²) >= 11 is 3.31. The van der Waals surface area contributed by atoms with Crippen molar-refractivity contribution in [3.05, 3.63) is 92.7 Å². The fraction of sp³-hybridized carbons (Fsp3) is 0.136. The van der Waals surface area contributed by atoms with Crippen LogP contribution in [0.4, 0.5) is 0 Å². The summed E-state index contributed by atoms with van der Waals surface area (Å²) in [4.78, 5) is 38.4. The molecule has 0 aromatic heterocycles. The van der Waals surface area contributed by atoms with Crippen molar-refractivity contribution in [1.82, 2.24) is 0 Å². The van der Waals surface area contributed by atoms with E-state index in [-0.39, 0.29) is 29.1 Å². The van der Waals surface area contributed by atoms with Gasteiger partial charge in [0.1, 0.15) is 0 Å². The van der Waals surface area contributed by atoms with Gasteiger partial charge < -0.3 is 4.74 Å². The summed E-state index contributed by atoms with van der Waals surface area (Å²) in [7, 11) is 0. The van der Waals surface area contributed by atoms with Crippen molar-refractivity contribution < 1.29 is 19.1 Å². The molecule has 0 unspecified atom stereocenters. The van der Waals surface area contributed by atoms with Crippen LogP contribution in [0.15, 0.2) is 76.0 Å². The molecular formula is C22H17BrO4. The lowest BCUT2D eigenvalue weighted by Crippen LogP contribution is -2.25. The number of esters is 1. The second-order valence-corrected chi connectivity index (χ2v) is 7.31. The lowest BCUT2D eigenvalue weighted by Gasteiger charge is -2.20. The molecule has 27 heavy (non-hydrogen) atoms. The third-order valence-corrected chi connectivity index (χ3v) is 4.69. The van der Waals surface area contributed by atoms with E-state index in [2.05, 4.69) is 15.9 Å². The first-order valence-corrected chi connectivity index (χ1v) is 9.20. The normalized spacial score (nSPS) is 13.3. The van der Waals surface area contributed by atoms with Gasteiger partial charge in [0.2, 0.25) is 5.78 Å². The third-order valence-electron chi connectivity index (χ3n) is 4.16. The minimum Gasteiger partial charge on any atom is -0.418 e. The van der Waals surface area contributed by atoms with Gasteiger partial charge in [-0.3, -0.25) is 9.59 Å². The molecule has 1 aliphatic carbocycles. The van der Waals surface area contributed by atoms with Gasteiger partial charge in [-0.1, -0.05) is 51.8 Å². The maximum absolute atomic E-state index is 12.9. The lowest BCUT2D eigenvalue weighted by atomic mass is 9.86. The highest BCUT2D eigenvalue weighted by Gasteiger charge is 2.34. The van der Waals surface area contributed by atoms with Crippen LogP contribution in [0.3, 0.4) is 0 Å². The van der Waals surface area contributed by atoms with Crippen molar-refractivity contribution in [1.29, 1.82) is 0 Å². The van der Waals surface area contributed by atoms with Crippen LogP contribution in [0.1, 0.15) is 51.3 Å². The molecule has 0 saturated carbocycles. The quantitative estimate of drug-likeness (QED) is 0.493. The Kier molecular flexibility index (Phi) is 5.51. The summed E-state index contributed by atoms with van der Waals surface area (Å²) in [5.74, 6) is -1.61. The second kappa shape index (κ2) is 7.84. The van der Waals surface area contributed by atoms with E-state index in [1.54, 1.807) is 48.5 Å². The number of halogens is 1. The van der Waals surface area contributed by atoms with Crippen LogP contribution in [0, 0.1) is 0 Å². The van der Waals surface area contributed by atoms with Crippen LogP contribution in [-0.2, 0) is 4.74 Å². The SMILES string of the molecule is CC(C)=CCC1=C(OC(=O)c2ccc(Br)cc2)C(=O)c2ccccc2C1=O. The molecule has 2 aromatic carbocycles. The number of hydrogen-bond acceptors (Lipinski definition) is 4. The third kappa shape index (κ3) is 3.98. The summed E-state index contributed by atoms with van der Waals surface area (Å²) in [5, 5.41) is 0. The first-order valence-electron chi connectivity index (χ1n) is 8.41. The number of hydrogen-bond donors (Lipinski definition) is 0. The fourth-order valence-corrected chi connectivity index (χ4v) is 3.01. The zero-order valence-electron chi connectivity index (χ0n) is 14.9. The number of ether oxygens (including phenoxy) is 1. The van der Waals surface area contributed by atoms with Gasteiger partial charge in [-0.05, 0) is 44.5 Å². The highest BCUT2D eigenvalue weighted by Crippen LogP contribution is 2.30. The highest BCUT2D eigenvalue weighted by atomic mass is 79.9. The summed E-state index contributed by atoms with van der Waals surface area (Å²) in [5.41, 5.74) is 2.09. The molecule has 0 fully saturated rings. The lowest BCUT2D eigenvalue weighted by molar-refractivity contribution is 0.0579. The number of fused-ring (bicyclic) bond motifs is 1. The zero-order valence-corrected chi connectivity index (χ0v) is 16.5.